The first-order chi connectivity index (χ1) is 18.5. The number of H-pyrrole nitrogens is 1. The lowest BCUT2D eigenvalue weighted by Crippen LogP contribution is -2.66. The highest BCUT2D eigenvalue weighted by Gasteiger charge is 2.72. The molecule has 0 radical (unpaired) electrons. The first-order valence-corrected chi connectivity index (χ1v) is 11.8. The van der Waals surface area contributed by atoms with E-state index >= 15 is 17.6 Å². The Morgan fingerprint density at radius 2 is 1.90 bits per heavy atom. The van der Waals surface area contributed by atoms with Crippen LogP contribution >= 0.6 is 0 Å². The van der Waals surface area contributed by atoms with E-state index in [1.807, 2.05) is 0 Å². The Kier molecular flexibility index (Phi) is 6.18. The van der Waals surface area contributed by atoms with Crippen molar-refractivity contribution >= 4 is 22.4 Å². The van der Waals surface area contributed by atoms with Crippen molar-refractivity contribution in [3.8, 4) is 12.3 Å². The predicted molar refractivity (Wildman–Crippen MR) is 133 cm³/mol. The number of alkyl halides is 2. The van der Waals surface area contributed by atoms with Crippen LogP contribution in [0.3, 0.4) is 0 Å². The third kappa shape index (κ3) is 3.62. The summed E-state index contributed by atoms with van der Waals surface area (Å²) >= 11 is 0. The molecule has 0 amide bonds. The second kappa shape index (κ2) is 9.17. The molecule has 0 aliphatic heterocycles. The predicted octanol–water partition coefficient (Wildman–Crippen LogP) is 5.16. The molecule has 0 bridgehead atoms. The maximum atomic E-state index is 17.6. The van der Waals surface area contributed by atoms with E-state index in [0.717, 1.165) is 12.1 Å². The number of aryl methyl sites for hydroxylation is 2. The van der Waals surface area contributed by atoms with Crippen LogP contribution < -0.4 is 5.56 Å². The number of allylic oxidation sites excluding steroid dienone is 2. The molecule has 2 aliphatic carbocycles. The number of rotatable bonds is 5. The molecule has 3 aromatic rings. The lowest BCUT2D eigenvalue weighted by molar-refractivity contribution is -0.174. The summed E-state index contributed by atoms with van der Waals surface area (Å²) in [5.41, 5.74) is -5.83. The number of terminal acetylenes is 1. The van der Waals surface area contributed by atoms with Crippen LogP contribution in [0, 0.1) is 19.3 Å². The number of carbonyl (C=O) groups is 1. The topological polar surface area (TPSA) is 86.3 Å². The second-order valence-electron chi connectivity index (χ2n) is 9.37. The van der Waals surface area contributed by atoms with Gasteiger partial charge in [-0.05, 0) is 48.6 Å². The molecule has 2 N–H and O–H groups in total. The molecular formula is C28H20F5N3O3. The summed E-state index contributed by atoms with van der Waals surface area (Å²) in [4.78, 5) is 32.2. The lowest BCUT2D eigenvalue weighted by atomic mass is 9.76. The standard InChI is InChI=1S/C28H20F5N3O3/c1-3-11-36(20-10-9-16-12-19-18(13-17(16)20)25(37)35-14(2)34-19)28(33)21(15-7-5-4-6-8-15)22(29)23(30)24(31)27(28,32)26(38)39/h1,4-8,12-13,20H,9-11H2,2H3,(H,38,39)(H,34,35,37)/t20-,27?,28?/m1/s1. The van der Waals surface area contributed by atoms with E-state index < -0.39 is 64.2 Å². The molecule has 1 aromatic heterocycles. The monoisotopic (exact) mass is 541 g/mol. The van der Waals surface area contributed by atoms with Gasteiger partial charge in [-0.1, -0.05) is 36.3 Å². The Morgan fingerprint density at radius 3 is 2.54 bits per heavy atom. The van der Waals surface area contributed by atoms with Crippen LogP contribution in [0.2, 0.25) is 0 Å². The molecule has 2 aliphatic rings. The minimum Gasteiger partial charge on any atom is -0.478 e. The zero-order valence-electron chi connectivity index (χ0n) is 20.4. The molecule has 5 rings (SSSR count). The number of aromatic amines is 1. The second-order valence-corrected chi connectivity index (χ2v) is 9.37. The fourth-order valence-corrected chi connectivity index (χ4v) is 5.51. The van der Waals surface area contributed by atoms with Gasteiger partial charge in [0.1, 0.15) is 5.82 Å². The van der Waals surface area contributed by atoms with Gasteiger partial charge in [-0.2, -0.15) is 0 Å². The first kappa shape index (κ1) is 26.3. The van der Waals surface area contributed by atoms with Crippen LogP contribution in [-0.4, -0.2) is 43.9 Å². The number of aromatic nitrogens is 2. The number of hydrogen-bond donors (Lipinski definition) is 2. The first-order valence-electron chi connectivity index (χ1n) is 11.8. The minimum atomic E-state index is -4.72. The van der Waals surface area contributed by atoms with Crippen LogP contribution in [0.25, 0.3) is 16.5 Å². The van der Waals surface area contributed by atoms with Crippen LogP contribution in [0.5, 0.6) is 0 Å². The van der Waals surface area contributed by atoms with Crippen molar-refractivity contribution in [3.05, 3.63) is 92.8 Å². The molecule has 2 unspecified atom stereocenters. The average Bonchev–Trinajstić information content (AvgIpc) is 3.31. The number of carboxylic acids is 1. The molecule has 0 saturated heterocycles. The SMILES string of the molecule is C#CCN([C@@H]1CCc2cc3nc(C)[nH]c(=O)c3cc21)C1(F)C(c2ccccc2)=C(F)C(F)=C(F)C1(F)C(=O)O. The molecule has 2 aromatic carbocycles. The summed E-state index contributed by atoms with van der Waals surface area (Å²) in [5, 5.41) is 9.91. The number of carboxylic acid groups (broad SMARTS) is 1. The van der Waals surface area contributed by atoms with Gasteiger partial charge in [0, 0.05) is 6.04 Å². The van der Waals surface area contributed by atoms with Crippen molar-refractivity contribution in [2.75, 3.05) is 6.54 Å². The van der Waals surface area contributed by atoms with Gasteiger partial charge in [0.15, 0.2) is 17.5 Å². The summed E-state index contributed by atoms with van der Waals surface area (Å²) in [6, 6.07) is 8.03. The van der Waals surface area contributed by atoms with Gasteiger partial charge in [0.05, 0.1) is 23.0 Å². The maximum absolute atomic E-state index is 17.6. The summed E-state index contributed by atoms with van der Waals surface area (Å²) < 4.78 is 79.3. The highest BCUT2D eigenvalue weighted by molar-refractivity contribution is 5.93. The number of nitrogens with one attached hydrogen (secondary N) is 1. The lowest BCUT2D eigenvalue weighted by Gasteiger charge is -2.48. The van der Waals surface area contributed by atoms with Crippen LogP contribution in [-0.2, 0) is 11.2 Å². The van der Waals surface area contributed by atoms with Crippen molar-refractivity contribution in [1.29, 1.82) is 0 Å². The van der Waals surface area contributed by atoms with E-state index in [9.17, 15) is 19.1 Å². The molecule has 39 heavy (non-hydrogen) atoms. The van der Waals surface area contributed by atoms with E-state index in [2.05, 4.69) is 15.9 Å². The fourth-order valence-electron chi connectivity index (χ4n) is 5.51. The zero-order valence-corrected chi connectivity index (χ0v) is 20.4. The molecule has 0 saturated carbocycles. The van der Waals surface area contributed by atoms with Crippen LogP contribution in [0.15, 0.2) is 64.7 Å². The van der Waals surface area contributed by atoms with Gasteiger partial charge in [-0.25, -0.2) is 36.6 Å². The summed E-state index contributed by atoms with van der Waals surface area (Å²) in [5.74, 6) is -11.7. The van der Waals surface area contributed by atoms with Gasteiger partial charge >= 0.3 is 11.6 Å². The molecule has 3 atom stereocenters. The number of benzene rings is 2. The quantitative estimate of drug-likeness (QED) is 0.265. The van der Waals surface area contributed by atoms with Crippen molar-refractivity contribution in [2.24, 2.45) is 0 Å². The Bertz CT molecular complexity index is 1690. The van der Waals surface area contributed by atoms with Crippen molar-refractivity contribution in [1.82, 2.24) is 14.9 Å². The van der Waals surface area contributed by atoms with Crippen molar-refractivity contribution in [3.63, 3.8) is 0 Å². The third-order valence-corrected chi connectivity index (χ3v) is 7.22. The fraction of sp³-hybridized carbons (Fsp3) is 0.250. The third-order valence-electron chi connectivity index (χ3n) is 7.22. The number of hydrogen-bond acceptors (Lipinski definition) is 4. The Hall–Kier alpha value is -4.30. The Labute approximate surface area is 218 Å². The molecule has 0 spiro atoms. The van der Waals surface area contributed by atoms with Gasteiger partial charge < -0.3 is 10.1 Å². The highest BCUT2D eigenvalue weighted by atomic mass is 19.2. The molecule has 6 nitrogen and oxygen atoms in total. The molecule has 200 valence electrons. The van der Waals surface area contributed by atoms with Crippen LogP contribution in [0.1, 0.15) is 35.0 Å². The summed E-state index contributed by atoms with van der Waals surface area (Å²) in [6.45, 7) is 0.764. The van der Waals surface area contributed by atoms with Gasteiger partial charge in [-0.15, -0.1) is 6.42 Å². The number of aliphatic carboxylic acids is 1. The normalized spacial score (nSPS) is 24.8. The Balaban J connectivity index is 1.81. The Morgan fingerprint density at radius 1 is 1.21 bits per heavy atom. The minimum absolute atomic E-state index is 0.0170. The van der Waals surface area contributed by atoms with Crippen LogP contribution in [0.4, 0.5) is 22.0 Å². The summed E-state index contributed by atoms with van der Waals surface area (Å²) in [7, 11) is 0. The maximum Gasteiger partial charge on any atom is 0.354 e. The number of fused-ring (bicyclic) bond motifs is 2. The zero-order chi connectivity index (χ0) is 28.3. The summed E-state index contributed by atoms with van der Waals surface area (Å²) in [6.07, 6.45) is 5.74. The van der Waals surface area contributed by atoms with Gasteiger partial charge in [-0.3, -0.25) is 4.79 Å². The van der Waals surface area contributed by atoms with E-state index in [1.54, 1.807) is 13.0 Å². The number of nitrogens with zero attached hydrogens (tertiary/aromatic N) is 2. The van der Waals surface area contributed by atoms with Gasteiger partial charge in [0.2, 0.25) is 5.79 Å². The van der Waals surface area contributed by atoms with E-state index in [1.165, 1.54) is 24.3 Å². The van der Waals surface area contributed by atoms with Crippen molar-refractivity contribution < 1.29 is 31.9 Å². The molecule has 11 heteroatoms. The molecule has 0 fully saturated rings. The van der Waals surface area contributed by atoms with E-state index in [4.69, 9.17) is 6.42 Å². The smallest absolute Gasteiger partial charge is 0.354 e. The largest absolute Gasteiger partial charge is 0.478 e. The number of halogens is 5. The van der Waals surface area contributed by atoms with Gasteiger partial charge in [0.25, 0.3) is 5.56 Å². The van der Waals surface area contributed by atoms with E-state index in [-0.39, 0.29) is 23.8 Å². The average molecular weight is 541 g/mol. The highest BCUT2D eigenvalue weighted by Crippen LogP contribution is 2.58. The van der Waals surface area contributed by atoms with E-state index in [0.29, 0.717) is 21.8 Å². The molecular weight excluding hydrogens is 521 g/mol. The van der Waals surface area contributed by atoms with Crippen molar-refractivity contribution in [2.45, 2.75) is 37.3 Å². The molecule has 1 heterocycles.